The van der Waals surface area contributed by atoms with Crippen LogP contribution in [0, 0.1) is 0 Å². The van der Waals surface area contributed by atoms with E-state index in [9.17, 15) is 5.11 Å². The fourth-order valence-electron chi connectivity index (χ4n) is 4.53. The lowest BCUT2D eigenvalue weighted by Crippen LogP contribution is -2.73. The highest BCUT2D eigenvalue weighted by Crippen LogP contribution is 2.53. The van der Waals surface area contributed by atoms with Crippen molar-refractivity contribution in [3.63, 3.8) is 0 Å². The molecule has 0 aromatic heterocycles. The molecule has 0 aliphatic carbocycles. The molecule has 2 aromatic carbocycles. The summed E-state index contributed by atoms with van der Waals surface area (Å²) in [5, 5.41) is 12.3. The van der Waals surface area contributed by atoms with Crippen LogP contribution >= 0.6 is 0 Å². The summed E-state index contributed by atoms with van der Waals surface area (Å²) in [6, 6.07) is 21.6. The smallest absolute Gasteiger partial charge is 0.161 e. The number of ether oxygens (including phenoxy) is 1. The van der Waals surface area contributed by atoms with Crippen LogP contribution in [0.2, 0.25) is 5.04 Å². The Kier molecular flexibility index (Phi) is 3.99. The van der Waals surface area contributed by atoms with Gasteiger partial charge in [0.25, 0.3) is 0 Å². The van der Waals surface area contributed by atoms with E-state index in [4.69, 9.17) is 4.74 Å². The Balaban J connectivity index is 2.33. The van der Waals surface area contributed by atoms with Crippen LogP contribution in [0.1, 0.15) is 27.7 Å². The van der Waals surface area contributed by atoms with Gasteiger partial charge in [0.05, 0.1) is 11.8 Å². The molecule has 3 rings (SSSR count). The molecule has 2 nitrogen and oxygen atoms in total. The van der Waals surface area contributed by atoms with E-state index in [1.165, 1.54) is 10.4 Å². The van der Waals surface area contributed by atoms with Crippen LogP contribution in [-0.2, 0) is 4.74 Å². The summed E-state index contributed by atoms with van der Waals surface area (Å²) in [5.74, 6) is 0. The molecule has 0 saturated carbocycles. The van der Waals surface area contributed by atoms with Gasteiger partial charge in [-0.05, 0) is 12.0 Å². The molecule has 0 radical (unpaired) electrons. The van der Waals surface area contributed by atoms with E-state index < -0.39 is 8.07 Å². The molecule has 1 aliphatic rings. The zero-order valence-electron chi connectivity index (χ0n) is 14.4. The molecule has 3 heteroatoms. The molecule has 1 aliphatic heterocycles. The third kappa shape index (κ3) is 2.30. The van der Waals surface area contributed by atoms with Gasteiger partial charge in [0, 0.05) is 0 Å². The summed E-state index contributed by atoms with van der Waals surface area (Å²) in [6.07, 6.45) is -0.0752. The lowest BCUT2D eigenvalue weighted by atomic mass is 10.2. The minimum absolute atomic E-state index is 0.0500. The number of benzene rings is 2. The number of aliphatic hydroxyl groups is 1. The van der Waals surface area contributed by atoms with Crippen molar-refractivity contribution in [2.75, 3.05) is 6.61 Å². The topological polar surface area (TPSA) is 32.8 Å². The second-order valence-electron chi connectivity index (χ2n) is 7.63. The summed E-state index contributed by atoms with van der Waals surface area (Å²) in [5.41, 5.74) is 0. The average molecular weight is 327 g/mol. The van der Waals surface area contributed by atoms with E-state index in [0.717, 1.165) is 0 Å². The summed E-state index contributed by atoms with van der Waals surface area (Å²) < 4.78 is 6.17. The Morgan fingerprint density at radius 3 is 1.70 bits per heavy atom. The molecule has 0 spiro atoms. The molecule has 23 heavy (non-hydrogen) atoms. The number of aliphatic hydroxyl groups excluding tert-OH is 1. The third-order valence-corrected chi connectivity index (χ3v) is 12.0. The van der Waals surface area contributed by atoms with Crippen molar-refractivity contribution >= 4 is 18.4 Å². The van der Waals surface area contributed by atoms with E-state index in [2.05, 4.69) is 88.4 Å². The van der Waals surface area contributed by atoms with Crippen LogP contribution < -0.4 is 10.4 Å². The molecule has 1 N–H and O–H groups in total. The highest BCUT2D eigenvalue weighted by molar-refractivity contribution is 7.06. The number of epoxide rings is 1. The predicted octanol–water partition coefficient (Wildman–Crippen LogP) is 2.74. The van der Waals surface area contributed by atoms with Crippen molar-refractivity contribution < 1.29 is 9.84 Å². The Morgan fingerprint density at radius 2 is 1.39 bits per heavy atom. The van der Waals surface area contributed by atoms with Crippen molar-refractivity contribution in [3.8, 4) is 0 Å². The van der Waals surface area contributed by atoms with Crippen LogP contribution in [0.3, 0.4) is 0 Å². The van der Waals surface area contributed by atoms with Gasteiger partial charge in [0.1, 0.15) is 6.10 Å². The molecule has 1 heterocycles. The highest BCUT2D eigenvalue weighted by Gasteiger charge is 2.71. The normalized spacial score (nSPS) is 24.5. The molecule has 2 aromatic rings. The maximum absolute atomic E-state index is 9.76. The molecule has 1 saturated heterocycles. The van der Waals surface area contributed by atoms with Crippen LogP contribution in [0.5, 0.6) is 0 Å². The van der Waals surface area contributed by atoms with Gasteiger partial charge < -0.3 is 9.84 Å². The van der Waals surface area contributed by atoms with E-state index in [1.54, 1.807) is 0 Å². The van der Waals surface area contributed by atoms with Crippen LogP contribution in [0.4, 0.5) is 0 Å². The van der Waals surface area contributed by atoms with Crippen molar-refractivity contribution in [2.45, 2.75) is 44.1 Å². The second kappa shape index (κ2) is 5.59. The average Bonchev–Trinajstić information content (AvgIpc) is 3.20. The molecule has 2 atom stereocenters. The minimum Gasteiger partial charge on any atom is -0.394 e. The molecular formula is C20H26O2Si. The van der Waals surface area contributed by atoms with Crippen LogP contribution in [-0.4, -0.2) is 31.1 Å². The Hall–Kier alpha value is -1.42. The Labute approximate surface area is 140 Å². The number of hydrogen-bond acceptors (Lipinski definition) is 2. The second-order valence-corrected chi connectivity index (χ2v) is 12.8. The van der Waals surface area contributed by atoms with Gasteiger partial charge in [-0.25, -0.2) is 0 Å². The largest absolute Gasteiger partial charge is 0.394 e. The van der Waals surface area contributed by atoms with Gasteiger partial charge in [-0.15, -0.1) is 0 Å². The van der Waals surface area contributed by atoms with E-state index >= 15 is 0 Å². The lowest BCUT2D eigenvalue weighted by Gasteiger charge is -2.47. The SMILES string of the molecule is CC(C)(C)[Si](c1ccccc1)(c1ccccc1)C1(C)OC1CO. The zero-order chi connectivity index (χ0) is 16.7. The monoisotopic (exact) mass is 326 g/mol. The molecular weight excluding hydrogens is 300 g/mol. The van der Waals surface area contributed by atoms with Crippen LogP contribution in [0.15, 0.2) is 60.7 Å². The van der Waals surface area contributed by atoms with E-state index in [-0.39, 0.29) is 23.0 Å². The number of rotatable bonds is 4. The van der Waals surface area contributed by atoms with Crippen molar-refractivity contribution in [1.82, 2.24) is 0 Å². The standard InChI is InChI=1S/C20H26O2Si/c1-19(2,3)23(16-11-7-5-8-12-16,17-13-9-6-10-14-17)20(4)18(15-21)22-20/h5-14,18,21H,15H2,1-4H3. The Bertz CT molecular complexity index is 624. The number of hydrogen-bond donors (Lipinski definition) is 1. The molecule has 122 valence electrons. The molecule has 0 bridgehead atoms. The van der Waals surface area contributed by atoms with E-state index in [0.29, 0.717) is 0 Å². The maximum Gasteiger partial charge on any atom is 0.161 e. The van der Waals surface area contributed by atoms with Crippen molar-refractivity contribution in [3.05, 3.63) is 60.7 Å². The summed E-state index contributed by atoms with van der Waals surface area (Å²) >= 11 is 0. The molecule has 1 fully saturated rings. The zero-order valence-corrected chi connectivity index (χ0v) is 15.4. The van der Waals surface area contributed by atoms with Gasteiger partial charge >= 0.3 is 0 Å². The van der Waals surface area contributed by atoms with E-state index in [1.807, 2.05) is 0 Å². The third-order valence-electron chi connectivity index (χ3n) is 5.39. The van der Waals surface area contributed by atoms with Gasteiger partial charge in [-0.1, -0.05) is 91.8 Å². The van der Waals surface area contributed by atoms with Gasteiger partial charge in [-0.3, -0.25) is 0 Å². The van der Waals surface area contributed by atoms with Gasteiger partial charge in [0.2, 0.25) is 0 Å². The fourth-order valence-corrected chi connectivity index (χ4v) is 11.5. The molecule has 0 amide bonds. The van der Waals surface area contributed by atoms with Gasteiger partial charge in [0.15, 0.2) is 8.07 Å². The molecule has 2 unspecified atom stereocenters. The first-order valence-corrected chi connectivity index (χ1v) is 10.3. The fraction of sp³-hybridized carbons (Fsp3) is 0.400. The van der Waals surface area contributed by atoms with Gasteiger partial charge in [-0.2, -0.15) is 0 Å². The predicted molar refractivity (Wildman–Crippen MR) is 98.0 cm³/mol. The first-order valence-electron chi connectivity index (χ1n) is 8.27. The first-order chi connectivity index (χ1) is 10.9. The van der Waals surface area contributed by atoms with Crippen LogP contribution in [0.25, 0.3) is 0 Å². The quantitative estimate of drug-likeness (QED) is 0.692. The highest BCUT2D eigenvalue weighted by atomic mass is 28.3. The Morgan fingerprint density at radius 1 is 0.957 bits per heavy atom. The summed E-state index contributed by atoms with van der Waals surface area (Å²) in [7, 11) is -2.31. The summed E-state index contributed by atoms with van der Waals surface area (Å²) in [4.78, 5) is 0. The lowest BCUT2D eigenvalue weighted by molar-refractivity contribution is 0.241. The maximum atomic E-state index is 9.76. The first kappa shape index (κ1) is 16.4. The minimum atomic E-state index is -2.31. The van der Waals surface area contributed by atoms with Crippen molar-refractivity contribution in [1.29, 1.82) is 0 Å². The van der Waals surface area contributed by atoms with Crippen molar-refractivity contribution in [2.24, 2.45) is 0 Å². The summed E-state index contributed by atoms with van der Waals surface area (Å²) in [6.45, 7) is 9.24.